The molecule has 0 aromatic heterocycles. The Hall–Kier alpha value is -1.22. The molecule has 0 aliphatic rings. The molecular formula is C16H26O3. The maximum Gasteiger partial charge on any atom is 0.121 e. The van der Waals surface area contributed by atoms with E-state index in [1.807, 2.05) is 0 Å². The number of phenols is 1. The van der Waals surface area contributed by atoms with Crippen LogP contribution in [0.3, 0.4) is 0 Å². The molecule has 0 unspecified atom stereocenters. The highest BCUT2D eigenvalue weighted by molar-refractivity contribution is 5.42. The van der Waals surface area contributed by atoms with Crippen LogP contribution in [0.2, 0.25) is 0 Å². The lowest BCUT2D eigenvalue weighted by atomic mass is 9.83. The van der Waals surface area contributed by atoms with Crippen LogP contribution in [0.1, 0.15) is 57.9 Å². The second kappa shape index (κ2) is 7.39. The molecule has 0 heterocycles. The van der Waals surface area contributed by atoms with E-state index >= 15 is 0 Å². The third kappa shape index (κ3) is 4.13. The quantitative estimate of drug-likeness (QED) is 0.748. The summed E-state index contributed by atoms with van der Waals surface area (Å²) in [7, 11) is 1.59. The summed E-state index contributed by atoms with van der Waals surface area (Å²) in [5, 5.41) is 21.0. The Morgan fingerprint density at radius 1 is 1.11 bits per heavy atom. The van der Waals surface area contributed by atoms with Gasteiger partial charge in [0.2, 0.25) is 0 Å². The summed E-state index contributed by atoms with van der Waals surface area (Å²) in [6, 6.07) is 5.05. The predicted octanol–water partition coefficient (Wildman–Crippen LogP) is 3.97. The lowest BCUT2D eigenvalue weighted by Gasteiger charge is -2.29. The lowest BCUT2D eigenvalue weighted by Crippen LogP contribution is -2.26. The molecule has 0 atom stereocenters. The molecule has 0 radical (unpaired) electrons. The van der Waals surface area contributed by atoms with Gasteiger partial charge in [0, 0.05) is 5.56 Å². The van der Waals surface area contributed by atoms with Gasteiger partial charge in [-0.1, -0.05) is 39.5 Å². The molecule has 0 aliphatic heterocycles. The van der Waals surface area contributed by atoms with Gasteiger partial charge in [-0.25, -0.2) is 0 Å². The van der Waals surface area contributed by atoms with E-state index in [4.69, 9.17) is 4.74 Å². The first kappa shape index (κ1) is 15.8. The number of hydrogen-bond donors (Lipinski definition) is 2. The number of methoxy groups -OCH3 is 1. The van der Waals surface area contributed by atoms with Gasteiger partial charge in [-0.3, -0.25) is 0 Å². The maximum absolute atomic E-state index is 10.9. The average molecular weight is 266 g/mol. The van der Waals surface area contributed by atoms with Gasteiger partial charge in [-0.15, -0.1) is 0 Å². The minimum absolute atomic E-state index is 0.149. The highest BCUT2D eigenvalue weighted by atomic mass is 16.5. The van der Waals surface area contributed by atoms with Crippen LogP contribution in [0.5, 0.6) is 11.5 Å². The number of rotatable bonds is 8. The van der Waals surface area contributed by atoms with Gasteiger partial charge in [0.15, 0.2) is 0 Å². The van der Waals surface area contributed by atoms with E-state index in [-0.39, 0.29) is 5.75 Å². The van der Waals surface area contributed by atoms with Gasteiger partial charge >= 0.3 is 0 Å². The number of phenolic OH excluding ortho intramolecular Hbond substituents is 1. The summed E-state index contributed by atoms with van der Waals surface area (Å²) in [5.41, 5.74) is -0.362. The van der Waals surface area contributed by atoms with Crippen molar-refractivity contribution < 1.29 is 14.9 Å². The SMILES string of the molecule is CCCCC(O)(CCCC)c1cc(OC)ccc1O. The van der Waals surface area contributed by atoms with Gasteiger partial charge in [0.05, 0.1) is 12.7 Å². The van der Waals surface area contributed by atoms with Crippen LogP contribution in [0.25, 0.3) is 0 Å². The molecule has 0 fully saturated rings. The molecule has 0 saturated heterocycles. The molecule has 0 aliphatic carbocycles. The van der Waals surface area contributed by atoms with E-state index in [0.29, 0.717) is 24.2 Å². The summed E-state index contributed by atoms with van der Waals surface area (Å²) in [6.45, 7) is 4.21. The first-order valence-electron chi connectivity index (χ1n) is 7.17. The van der Waals surface area contributed by atoms with E-state index in [2.05, 4.69) is 13.8 Å². The van der Waals surface area contributed by atoms with Gasteiger partial charge in [0.25, 0.3) is 0 Å². The van der Waals surface area contributed by atoms with Crippen LogP contribution in [0.15, 0.2) is 18.2 Å². The lowest BCUT2D eigenvalue weighted by molar-refractivity contribution is 0.0119. The summed E-state index contributed by atoms with van der Waals surface area (Å²) in [6.07, 6.45) is 5.28. The molecule has 3 heteroatoms. The zero-order chi connectivity index (χ0) is 14.3. The van der Waals surface area contributed by atoms with Crippen molar-refractivity contribution in [2.24, 2.45) is 0 Å². The summed E-state index contributed by atoms with van der Waals surface area (Å²) < 4.78 is 5.19. The van der Waals surface area contributed by atoms with Crippen molar-refractivity contribution in [2.45, 2.75) is 58.0 Å². The molecule has 3 nitrogen and oxygen atoms in total. The topological polar surface area (TPSA) is 49.7 Å². The molecule has 1 aromatic carbocycles. The smallest absolute Gasteiger partial charge is 0.121 e. The Labute approximate surface area is 116 Å². The fraction of sp³-hybridized carbons (Fsp3) is 0.625. The van der Waals surface area contributed by atoms with Crippen LogP contribution in [-0.4, -0.2) is 17.3 Å². The van der Waals surface area contributed by atoms with Crippen LogP contribution in [-0.2, 0) is 5.60 Å². The van der Waals surface area contributed by atoms with Crippen LogP contribution in [0.4, 0.5) is 0 Å². The first-order chi connectivity index (χ1) is 9.07. The molecule has 0 saturated carbocycles. The highest BCUT2D eigenvalue weighted by Gasteiger charge is 2.31. The Kier molecular flexibility index (Phi) is 6.16. The molecule has 19 heavy (non-hydrogen) atoms. The predicted molar refractivity (Wildman–Crippen MR) is 77.6 cm³/mol. The second-order valence-electron chi connectivity index (χ2n) is 5.12. The van der Waals surface area contributed by atoms with Gasteiger partial charge in [-0.05, 0) is 31.0 Å². The van der Waals surface area contributed by atoms with Crippen molar-refractivity contribution in [3.8, 4) is 11.5 Å². The molecular weight excluding hydrogens is 240 g/mol. The van der Waals surface area contributed by atoms with Crippen LogP contribution in [0, 0.1) is 0 Å². The van der Waals surface area contributed by atoms with Crippen LogP contribution >= 0.6 is 0 Å². The molecule has 1 aromatic rings. The first-order valence-corrected chi connectivity index (χ1v) is 7.17. The van der Waals surface area contributed by atoms with Crippen molar-refractivity contribution in [2.75, 3.05) is 7.11 Å². The Bertz CT molecular complexity index is 380. The Balaban J connectivity index is 3.07. The van der Waals surface area contributed by atoms with Crippen molar-refractivity contribution in [3.05, 3.63) is 23.8 Å². The normalized spacial score (nSPS) is 11.6. The minimum Gasteiger partial charge on any atom is -0.508 e. The zero-order valence-electron chi connectivity index (χ0n) is 12.3. The molecule has 0 amide bonds. The number of aliphatic hydroxyl groups is 1. The van der Waals surface area contributed by atoms with Crippen molar-refractivity contribution in [1.82, 2.24) is 0 Å². The maximum atomic E-state index is 10.9. The van der Waals surface area contributed by atoms with Crippen LogP contribution < -0.4 is 4.74 Å². The molecule has 0 spiro atoms. The fourth-order valence-electron chi connectivity index (χ4n) is 2.35. The zero-order valence-corrected chi connectivity index (χ0v) is 12.3. The van der Waals surface area contributed by atoms with E-state index < -0.39 is 5.60 Å². The monoisotopic (exact) mass is 266 g/mol. The number of hydrogen-bond acceptors (Lipinski definition) is 3. The molecule has 0 bridgehead atoms. The third-order valence-corrected chi connectivity index (χ3v) is 3.59. The second-order valence-corrected chi connectivity index (χ2v) is 5.12. The average Bonchev–Trinajstić information content (AvgIpc) is 2.43. The number of ether oxygens (including phenoxy) is 1. The number of aromatic hydroxyl groups is 1. The number of unbranched alkanes of at least 4 members (excludes halogenated alkanes) is 2. The summed E-state index contributed by atoms with van der Waals surface area (Å²) in [4.78, 5) is 0. The summed E-state index contributed by atoms with van der Waals surface area (Å²) >= 11 is 0. The van der Waals surface area contributed by atoms with Crippen molar-refractivity contribution in [3.63, 3.8) is 0 Å². The van der Waals surface area contributed by atoms with Gasteiger partial charge in [-0.2, -0.15) is 0 Å². The van der Waals surface area contributed by atoms with Gasteiger partial charge in [0.1, 0.15) is 11.5 Å². The third-order valence-electron chi connectivity index (χ3n) is 3.59. The largest absolute Gasteiger partial charge is 0.508 e. The fourth-order valence-corrected chi connectivity index (χ4v) is 2.35. The molecule has 1 rings (SSSR count). The van der Waals surface area contributed by atoms with Crippen molar-refractivity contribution >= 4 is 0 Å². The number of benzene rings is 1. The Morgan fingerprint density at radius 2 is 1.68 bits per heavy atom. The molecule has 2 N–H and O–H groups in total. The van der Waals surface area contributed by atoms with E-state index in [1.54, 1.807) is 25.3 Å². The van der Waals surface area contributed by atoms with Gasteiger partial charge < -0.3 is 14.9 Å². The van der Waals surface area contributed by atoms with Crippen molar-refractivity contribution in [1.29, 1.82) is 0 Å². The van der Waals surface area contributed by atoms with E-state index in [1.165, 1.54) is 0 Å². The minimum atomic E-state index is -0.954. The Morgan fingerprint density at radius 3 is 2.16 bits per heavy atom. The summed E-state index contributed by atoms with van der Waals surface area (Å²) in [5.74, 6) is 0.815. The van der Waals surface area contributed by atoms with E-state index in [0.717, 1.165) is 25.7 Å². The molecule has 108 valence electrons. The standard InChI is InChI=1S/C16H26O3/c1-4-6-10-16(18,11-7-5-2)14-12-13(19-3)8-9-15(14)17/h8-9,12,17-18H,4-7,10-11H2,1-3H3. The van der Waals surface area contributed by atoms with E-state index in [9.17, 15) is 10.2 Å². The highest BCUT2D eigenvalue weighted by Crippen LogP contribution is 2.39.